The predicted octanol–water partition coefficient (Wildman–Crippen LogP) is 1.25. The summed E-state index contributed by atoms with van der Waals surface area (Å²) in [5.74, 6) is -1.55. The maximum absolute atomic E-state index is 12.4. The molecule has 2 unspecified atom stereocenters. The van der Waals surface area contributed by atoms with Gasteiger partial charge in [-0.15, -0.1) is 0 Å². The highest BCUT2D eigenvalue weighted by Crippen LogP contribution is 2.32. The van der Waals surface area contributed by atoms with Crippen molar-refractivity contribution < 1.29 is 28.8 Å². The summed E-state index contributed by atoms with van der Waals surface area (Å²) in [6, 6.07) is 9.99. The quantitative estimate of drug-likeness (QED) is 0.506. The molecule has 2 atom stereocenters. The molecule has 6 amide bonds. The third-order valence-corrected chi connectivity index (χ3v) is 7.67. The highest BCUT2D eigenvalue weighted by Gasteiger charge is 2.40. The lowest BCUT2D eigenvalue weighted by Crippen LogP contribution is -2.52. The SMILES string of the molecule is CNc1cccc2c1CN(C1CCC(=O)NC1=O)C2=O.Cc1cccc2c1CN(C1CCC(=O)NC1=O)C2=O. The number of benzene rings is 2. The first-order chi connectivity index (χ1) is 18.7. The molecule has 2 saturated heterocycles. The molecular weight excluding hydrogens is 502 g/mol. The molecule has 0 radical (unpaired) electrons. The van der Waals surface area contributed by atoms with Crippen molar-refractivity contribution in [1.82, 2.24) is 20.4 Å². The number of carbonyl (C=O) groups excluding carboxylic acids is 6. The second-order valence-corrected chi connectivity index (χ2v) is 9.98. The van der Waals surface area contributed by atoms with Crippen molar-refractivity contribution in [3.63, 3.8) is 0 Å². The Morgan fingerprint density at radius 3 is 1.69 bits per heavy atom. The van der Waals surface area contributed by atoms with Crippen molar-refractivity contribution >= 4 is 41.1 Å². The zero-order valence-corrected chi connectivity index (χ0v) is 21.7. The van der Waals surface area contributed by atoms with E-state index in [0.717, 1.165) is 22.4 Å². The maximum atomic E-state index is 12.4. The molecule has 2 fully saturated rings. The van der Waals surface area contributed by atoms with Crippen LogP contribution >= 0.6 is 0 Å². The van der Waals surface area contributed by atoms with E-state index < -0.39 is 12.1 Å². The third-order valence-electron chi connectivity index (χ3n) is 7.67. The monoisotopic (exact) mass is 531 g/mol. The summed E-state index contributed by atoms with van der Waals surface area (Å²) in [4.78, 5) is 74.0. The Hall–Kier alpha value is -4.54. The molecule has 202 valence electrons. The summed E-state index contributed by atoms with van der Waals surface area (Å²) in [6.07, 6.45) is 1.35. The number of imide groups is 2. The Labute approximate surface area is 224 Å². The number of nitrogens with zero attached hydrogens (tertiary/aromatic N) is 2. The lowest BCUT2D eigenvalue weighted by Gasteiger charge is -2.29. The average molecular weight is 532 g/mol. The van der Waals surface area contributed by atoms with Gasteiger partial charge in [0, 0.05) is 55.4 Å². The fourth-order valence-corrected chi connectivity index (χ4v) is 5.56. The first-order valence-electron chi connectivity index (χ1n) is 12.9. The summed E-state index contributed by atoms with van der Waals surface area (Å²) >= 11 is 0. The molecule has 4 aliphatic rings. The van der Waals surface area contributed by atoms with E-state index in [1.165, 1.54) is 0 Å². The van der Waals surface area contributed by atoms with E-state index in [4.69, 9.17) is 0 Å². The summed E-state index contributed by atoms with van der Waals surface area (Å²) in [7, 11) is 1.80. The number of anilines is 1. The molecule has 4 heterocycles. The van der Waals surface area contributed by atoms with Crippen LogP contribution in [0.25, 0.3) is 0 Å². The predicted molar refractivity (Wildman–Crippen MR) is 139 cm³/mol. The fourth-order valence-electron chi connectivity index (χ4n) is 5.56. The van der Waals surface area contributed by atoms with E-state index in [1.54, 1.807) is 29.0 Å². The van der Waals surface area contributed by atoms with Gasteiger partial charge in [-0.3, -0.25) is 39.4 Å². The fraction of sp³-hybridized carbons (Fsp3) is 0.357. The molecule has 3 N–H and O–H groups in total. The number of amides is 6. The van der Waals surface area contributed by atoms with E-state index in [1.807, 2.05) is 31.2 Å². The van der Waals surface area contributed by atoms with Gasteiger partial charge in [0.15, 0.2) is 0 Å². The third kappa shape index (κ3) is 4.75. The number of hydrogen-bond donors (Lipinski definition) is 3. The topological polar surface area (TPSA) is 145 Å². The minimum absolute atomic E-state index is 0.117. The molecule has 11 nitrogen and oxygen atoms in total. The maximum Gasteiger partial charge on any atom is 0.255 e. The minimum Gasteiger partial charge on any atom is -0.388 e. The van der Waals surface area contributed by atoms with E-state index in [-0.39, 0.29) is 48.3 Å². The number of nitrogens with one attached hydrogen (secondary N) is 3. The number of carbonyl (C=O) groups is 6. The molecule has 4 aliphatic heterocycles. The number of hydrogen-bond acceptors (Lipinski definition) is 7. The number of rotatable bonds is 3. The average Bonchev–Trinajstić information content (AvgIpc) is 3.42. The van der Waals surface area contributed by atoms with Crippen LogP contribution in [-0.2, 0) is 32.3 Å². The van der Waals surface area contributed by atoms with Gasteiger partial charge in [-0.05, 0) is 49.1 Å². The Morgan fingerprint density at radius 2 is 1.21 bits per heavy atom. The lowest BCUT2D eigenvalue weighted by molar-refractivity contribution is -0.138. The molecule has 2 aromatic rings. The number of aryl methyl sites for hydroxylation is 1. The van der Waals surface area contributed by atoms with Gasteiger partial charge in [0.25, 0.3) is 11.8 Å². The Kier molecular flexibility index (Phi) is 6.90. The molecule has 6 rings (SSSR count). The van der Waals surface area contributed by atoms with Crippen molar-refractivity contribution in [2.45, 2.75) is 57.8 Å². The summed E-state index contributed by atoms with van der Waals surface area (Å²) in [6.45, 7) is 2.81. The van der Waals surface area contributed by atoms with Gasteiger partial charge in [-0.25, -0.2) is 0 Å². The van der Waals surface area contributed by atoms with E-state index in [0.29, 0.717) is 37.1 Å². The zero-order chi connectivity index (χ0) is 27.8. The Balaban J connectivity index is 0.000000158. The van der Waals surface area contributed by atoms with Gasteiger partial charge in [-0.1, -0.05) is 18.2 Å². The largest absolute Gasteiger partial charge is 0.388 e. The summed E-state index contributed by atoms with van der Waals surface area (Å²) in [5, 5.41) is 7.65. The van der Waals surface area contributed by atoms with Crippen molar-refractivity contribution in [3.8, 4) is 0 Å². The molecule has 0 saturated carbocycles. The first-order valence-corrected chi connectivity index (χ1v) is 12.9. The Morgan fingerprint density at radius 1 is 0.718 bits per heavy atom. The van der Waals surface area contributed by atoms with Crippen LogP contribution in [0.1, 0.15) is 63.1 Å². The number of piperidine rings is 2. The molecule has 0 aromatic heterocycles. The molecule has 39 heavy (non-hydrogen) atoms. The van der Waals surface area contributed by atoms with E-state index in [9.17, 15) is 28.8 Å². The van der Waals surface area contributed by atoms with Crippen molar-refractivity contribution in [3.05, 3.63) is 64.2 Å². The first kappa shape index (κ1) is 26.1. The number of fused-ring (bicyclic) bond motifs is 2. The highest BCUT2D eigenvalue weighted by atomic mass is 16.2. The van der Waals surface area contributed by atoms with E-state index in [2.05, 4.69) is 16.0 Å². The van der Waals surface area contributed by atoms with Gasteiger partial charge in [0.05, 0.1) is 0 Å². The standard InChI is InChI=1S/C14H15N3O3.C14H14N2O3/c1-15-10-4-2-3-8-9(10)7-17(14(8)20)11-5-6-12(18)16-13(11)19;1-8-3-2-4-9-10(8)7-16(14(9)19)11-5-6-12(17)15-13(11)18/h2-4,11,15H,5-7H2,1H3,(H,16,18,19);2-4,11H,5-7H2,1H3,(H,15,17,18). The van der Waals surface area contributed by atoms with Crippen molar-refractivity contribution in [2.24, 2.45) is 0 Å². The minimum atomic E-state index is -0.558. The van der Waals surface area contributed by atoms with Crippen LogP contribution < -0.4 is 16.0 Å². The molecule has 0 bridgehead atoms. The second kappa shape index (κ2) is 10.3. The van der Waals surface area contributed by atoms with Crippen LogP contribution in [0.15, 0.2) is 36.4 Å². The van der Waals surface area contributed by atoms with Gasteiger partial charge in [-0.2, -0.15) is 0 Å². The van der Waals surface area contributed by atoms with Crippen molar-refractivity contribution in [1.29, 1.82) is 0 Å². The molecule has 2 aromatic carbocycles. The van der Waals surface area contributed by atoms with Gasteiger partial charge >= 0.3 is 0 Å². The normalized spacial score (nSPS) is 22.1. The van der Waals surface area contributed by atoms with Crippen molar-refractivity contribution in [2.75, 3.05) is 12.4 Å². The van der Waals surface area contributed by atoms with Gasteiger partial charge in [0.2, 0.25) is 23.6 Å². The summed E-state index contributed by atoms with van der Waals surface area (Å²) in [5.41, 5.74) is 5.14. The molecular formula is C28H29N5O6. The van der Waals surface area contributed by atoms with Crippen LogP contribution in [-0.4, -0.2) is 64.4 Å². The van der Waals surface area contributed by atoms with Crippen LogP contribution in [0.4, 0.5) is 5.69 Å². The Bertz CT molecular complexity index is 1420. The van der Waals surface area contributed by atoms with Gasteiger partial charge in [0.1, 0.15) is 12.1 Å². The molecule has 0 spiro atoms. The van der Waals surface area contributed by atoms with E-state index >= 15 is 0 Å². The van der Waals surface area contributed by atoms with Crippen LogP contribution in [0.3, 0.4) is 0 Å². The van der Waals surface area contributed by atoms with Crippen LogP contribution in [0.5, 0.6) is 0 Å². The van der Waals surface area contributed by atoms with Crippen LogP contribution in [0.2, 0.25) is 0 Å². The molecule has 11 heteroatoms. The molecule has 0 aliphatic carbocycles. The summed E-state index contributed by atoms with van der Waals surface area (Å²) < 4.78 is 0. The highest BCUT2D eigenvalue weighted by molar-refractivity contribution is 6.06. The smallest absolute Gasteiger partial charge is 0.255 e. The van der Waals surface area contributed by atoms with Crippen LogP contribution in [0, 0.1) is 6.92 Å². The lowest BCUT2D eigenvalue weighted by atomic mass is 10.0. The zero-order valence-electron chi connectivity index (χ0n) is 21.7. The van der Waals surface area contributed by atoms with Gasteiger partial charge < -0.3 is 15.1 Å². The second-order valence-electron chi connectivity index (χ2n) is 9.98.